The highest BCUT2D eigenvalue weighted by Crippen LogP contribution is 2.41. The van der Waals surface area contributed by atoms with E-state index in [1.54, 1.807) is 28.9 Å². The molecule has 0 unspecified atom stereocenters. The van der Waals surface area contributed by atoms with E-state index in [-0.39, 0.29) is 30.1 Å². The lowest BCUT2D eigenvalue weighted by Crippen LogP contribution is -2.55. The maximum atomic E-state index is 14.5. The maximum absolute atomic E-state index is 14.5. The summed E-state index contributed by atoms with van der Waals surface area (Å²) < 4.78 is 57.1. The van der Waals surface area contributed by atoms with E-state index in [9.17, 15) is 22.4 Å². The van der Waals surface area contributed by atoms with Crippen molar-refractivity contribution in [3.63, 3.8) is 0 Å². The van der Waals surface area contributed by atoms with E-state index in [1.165, 1.54) is 23.2 Å². The molecule has 0 spiro atoms. The van der Waals surface area contributed by atoms with Crippen LogP contribution in [0.4, 0.5) is 33.9 Å². The average molecular weight is 517 g/mol. The summed E-state index contributed by atoms with van der Waals surface area (Å²) in [5, 5.41) is 4.41. The van der Waals surface area contributed by atoms with Crippen LogP contribution in [-0.4, -0.2) is 44.8 Å². The van der Waals surface area contributed by atoms with Gasteiger partial charge < -0.3 is 9.80 Å². The first-order chi connectivity index (χ1) is 17.6. The van der Waals surface area contributed by atoms with Crippen molar-refractivity contribution in [3.05, 3.63) is 70.9 Å². The van der Waals surface area contributed by atoms with Gasteiger partial charge in [0.25, 0.3) is 0 Å². The summed E-state index contributed by atoms with van der Waals surface area (Å²) in [6.07, 6.45) is -0.304. The number of nitrogens with zero attached hydrogens (tertiary/aromatic N) is 6. The molecule has 11 heteroatoms. The number of alkyl halides is 3. The van der Waals surface area contributed by atoms with E-state index in [4.69, 9.17) is 0 Å². The van der Waals surface area contributed by atoms with Gasteiger partial charge >= 0.3 is 12.2 Å². The number of carbonyl (C=O) groups is 1. The Balaban J connectivity index is 1.43. The monoisotopic (exact) mass is 516 g/mol. The minimum absolute atomic E-state index is 0.160. The molecule has 7 nitrogen and oxygen atoms in total. The summed E-state index contributed by atoms with van der Waals surface area (Å²) in [5.74, 6) is 0.0670. The third-order valence-electron chi connectivity index (χ3n) is 7.28. The second kappa shape index (κ2) is 9.35. The minimum atomic E-state index is -4.60. The summed E-state index contributed by atoms with van der Waals surface area (Å²) in [4.78, 5) is 22.8. The Kier molecular flexibility index (Phi) is 6.33. The number of para-hydroxylation sites is 1. The van der Waals surface area contributed by atoms with Crippen LogP contribution < -0.4 is 9.80 Å². The first kappa shape index (κ1) is 25.0. The normalized spacial score (nSPS) is 18.9. The molecule has 1 saturated heterocycles. The van der Waals surface area contributed by atoms with Crippen molar-refractivity contribution < 1.29 is 22.4 Å². The molecule has 5 rings (SSSR count). The topological polar surface area (TPSA) is 57.5 Å². The Morgan fingerprint density at radius 2 is 1.84 bits per heavy atom. The second-order valence-corrected chi connectivity index (χ2v) is 9.65. The number of halogens is 4. The summed E-state index contributed by atoms with van der Waals surface area (Å²) in [6.45, 7) is 4.54. The maximum Gasteiger partial charge on any atom is 0.418 e. The van der Waals surface area contributed by atoms with E-state index in [1.807, 2.05) is 24.8 Å². The number of aryl methyl sites for hydroxylation is 2. The van der Waals surface area contributed by atoms with Gasteiger partial charge in [0.2, 0.25) is 0 Å². The van der Waals surface area contributed by atoms with E-state index in [0.29, 0.717) is 37.4 Å². The van der Waals surface area contributed by atoms with E-state index >= 15 is 0 Å². The number of anilines is 2. The SMILES string of the molecule is Cc1cccc(F)c1N1CCC(N2C(=O)N(Cc3ncccc3C(F)(F)F)c3nn(C)cc3[C@@H]2C)CC1. The fraction of sp³-hybridized carbons (Fsp3) is 0.423. The summed E-state index contributed by atoms with van der Waals surface area (Å²) in [7, 11) is 1.72. The lowest BCUT2D eigenvalue weighted by Gasteiger charge is -2.46. The molecule has 1 fully saturated rings. The number of amides is 2. The molecule has 37 heavy (non-hydrogen) atoms. The highest BCUT2D eigenvalue weighted by atomic mass is 19.4. The van der Waals surface area contributed by atoms with Crippen LogP contribution in [-0.2, 0) is 19.8 Å². The molecule has 1 atom stereocenters. The van der Waals surface area contributed by atoms with Crippen LogP contribution in [0.2, 0.25) is 0 Å². The lowest BCUT2D eigenvalue weighted by molar-refractivity contribution is -0.138. The van der Waals surface area contributed by atoms with Crippen molar-refractivity contribution in [1.29, 1.82) is 0 Å². The van der Waals surface area contributed by atoms with Crippen molar-refractivity contribution in [2.75, 3.05) is 22.9 Å². The Labute approximate surface area is 212 Å². The first-order valence-electron chi connectivity index (χ1n) is 12.2. The number of fused-ring (bicyclic) bond motifs is 1. The molecule has 1 aromatic carbocycles. The molecular weight excluding hydrogens is 488 g/mol. The highest BCUT2D eigenvalue weighted by molar-refractivity contribution is 5.94. The van der Waals surface area contributed by atoms with Crippen molar-refractivity contribution in [3.8, 4) is 0 Å². The van der Waals surface area contributed by atoms with Crippen LogP contribution in [0.1, 0.15) is 48.2 Å². The molecule has 196 valence electrons. The zero-order valence-electron chi connectivity index (χ0n) is 20.8. The van der Waals surface area contributed by atoms with E-state index in [2.05, 4.69) is 10.1 Å². The quantitative estimate of drug-likeness (QED) is 0.433. The van der Waals surface area contributed by atoms with Crippen molar-refractivity contribution in [2.45, 2.75) is 51.5 Å². The first-order valence-corrected chi connectivity index (χ1v) is 12.2. The zero-order chi connectivity index (χ0) is 26.5. The smallest absolute Gasteiger partial charge is 0.369 e. The number of hydrogen-bond acceptors (Lipinski definition) is 4. The van der Waals surface area contributed by atoms with Gasteiger partial charge in [0.1, 0.15) is 5.82 Å². The number of carbonyl (C=O) groups excluding carboxylic acids is 1. The third-order valence-corrected chi connectivity index (χ3v) is 7.28. The van der Waals surface area contributed by atoms with Crippen LogP contribution in [0.25, 0.3) is 0 Å². The molecule has 0 N–H and O–H groups in total. The van der Waals surface area contributed by atoms with Crippen LogP contribution in [0, 0.1) is 12.7 Å². The number of piperidine rings is 1. The summed E-state index contributed by atoms with van der Waals surface area (Å²) in [6, 6.07) is 6.32. The number of aromatic nitrogens is 3. The molecule has 0 aliphatic carbocycles. The molecule has 0 radical (unpaired) electrons. The number of hydrogen-bond donors (Lipinski definition) is 0. The molecule has 3 aromatic rings. The standard InChI is InChI=1S/C26H28F4N6O/c1-16-6-4-8-21(27)23(16)34-12-9-18(10-13-34)36-17(2)19-14-33(3)32-24(19)35(25(36)37)15-22-20(26(28,29)30)7-5-11-31-22/h4-8,11,14,17-18H,9-10,12-13,15H2,1-3H3/t17-/m0/s1. The molecule has 2 aliphatic heterocycles. The van der Waals surface area contributed by atoms with Gasteiger partial charge in [-0.15, -0.1) is 0 Å². The third kappa shape index (κ3) is 4.51. The fourth-order valence-corrected chi connectivity index (χ4v) is 5.52. The Morgan fingerprint density at radius 1 is 1.11 bits per heavy atom. The highest BCUT2D eigenvalue weighted by Gasteiger charge is 2.43. The molecule has 4 heterocycles. The Morgan fingerprint density at radius 3 is 2.51 bits per heavy atom. The predicted octanol–water partition coefficient (Wildman–Crippen LogP) is 5.45. The van der Waals surface area contributed by atoms with Crippen LogP contribution in [0.5, 0.6) is 0 Å². The molecule has 2 aliphatic rings. The van der Waals surface area contributed by atoms with Crippen molar-refractivity contribution in [2.24, 2.45) is 7.05 Å². The molecular formula is C26H28F4N6O. The van der Waals surface area contributed by atoms with Gasteiger partial charge in [-0.1, -0.05) is 12.1 Å². The fourth-order valence-electron chi connectivity index (χ4n) is 5.52. The van der Waals surface area contributed by atoms with Gasteiger partial charge in [0.05, 0.1) is 29.5 Å². The second-order valence-electron chi connectivity index (χ2n) is 9.65. The van der Waals surface area contributed by atoms with Crippen molar-refractivity contribution in [1.82, 2.24) is 19.7 Å². The van der Waals surface area contributed by atoms with Gasteiger partial charge in [-0.2, -0.15) is 18.3 Å². The zero-order valence-corrected chi connectivity index (χ0v) is 20.8. The molecule has 2 aromatic heterocycles. The number of urea groups is 1. The van der Waals surface area contributed by atoms with Gasteiger partial charge in [0.15, 0.2) is 5.82 Å². The minimum Gasteiger partial charge on any atom is -0.369 e. The van der Waals surface area contributed by atoms with Crippen LogP contribution in [0.15, 0.2) is 42.7 Å². The van der Waals surface area contributed by atoms with Gasteiger partial charge in [-0.25, -0.2) is 9.18 Å². The Bertz CT molecular complexity index is 1290. The van der Waals surface area contributed by atoms with E-state index in [0.717, 1.165) is 17.2 Å². The summed E-state index contributed by atoms with van der Waals surface area (Å²) >= 11 is 0. The van der Waals surface area contributed by atoms with Gasteiger partial charge in [0, 0.05) is 44.1 Å². The number of pyridine rings is 1. The van der Waals surface area contributed by atoms with Gasteiger partial charge in [-0.3, -0.25) is 14.6 Å². The lowest BCUT2D eigenvalue weighted by atomic mass is 9.97. The van der Waals surface area contributed by atoms with Gasteiger partial charge in [-0.05, 0) is 50.5 Å². The predicted molar refractivity (Wildman–Crippen MR) is 131 cm³/mol. The Hall–Kier alpha value is -3.63. The summed E-state index contributed by atoms with van der Waals surface area (Å²) in [5.41, 5.74) is 1.07. The van der Waals surface area contributed by atoms with Crippen molar-refractivity contribution >= 4 is 17.5 Å². The molecule has 0 saturated carbocycles. The molecule has 2 amide bonds. The largest absolute Gasteiger partial charge is 0.418 e. The number of benzene rings is 1. The number of rotatable bonds is 4. The van der Waals surface area contributed by atoms with Crippen LogP contribution in [0.3, 0.4) is 0 Å². The van der Waals surface area contributed by atoms with E-state index < -0.39 is 17.8 Å². The molecule has 0 bridgehead atoms. The average Bonchev–Trinajstić information content (AvgIpc) is 3.24. The van der Waals surface area contributed by atoms with Crippen LogP contribution >= 0.6 is 0 Å².